The lowest BCUT2D eigenvalue weighted by atomic mass is 9.52. The van der Waals surface area contributed by atoms with Gasteiger partial charge in [-0.05, 0) is 44.1 Å². The highest BCUT2D eigenvalue weighted by Gasteiger charge is 2.64. The van der Waals surface area contributed by atoms with E-state index in [2.05, 4.69) is 24.1 Å². The van der Waals surface area contributed by atoms with Gasteiger partial charge >= 0.3 is 0 Å². The molecular weight excluding hydrogens is 334 g/mol. The van der Waals surface area contributed by atoms with Gasteiger partial charge in [-0.1, -0.05) is 12.1 Å². The maximum absolute atomic E-state index is 10.7. The number of aliphatic carboxylic acids is 1. The lowest BCUT2D eigenvalue weighted by molar-refractivity contribution is -0.134. The van der Waals surface area contributed by atoms with Crippen molar-refractivity contribution in [3.63, 3.8) is 0 Å². The highest BCUT2D eigenvalue weighted by molar-refractivity contribution is 5.63. The number of carboxylic acids is 1. The number of rotatable bonds is 1. The van der Waals surface area contributed by atoms with Crippen LogP contribution < -0.4 is 9.47 Å². The zero-order valence-electron chi connectivity index (χ0n) is 15.3. The molecule has 4 aliphatic rings. The van der Waals surface area contributed by atoms with Crippen LogP contribution in [0.5, 0.6) is 11.5 Å². The van der Waals surface area contributed by atoms with E-state index in [0.29, 0.717) is 6.04 Å². The normalized spacial score (nSPS) is 35.7. The highest BCUT2D eigenvalue weighted by Crippen LogP contribution is 2.62. The third kappa shape index (κ3) is 2.21. The van der Waals surface area contributed by atoms with Gasteiger partial charge in [0.25, 0.3) is 5.97 Å². The van der Waals surface area contributed by atoms with E-state index in [9.17, 15) is 5.11 Å². The first-order valence-electron chi connectivity index (χ1n) is 9.03. The third-order valence-corrected chi connectivity index (χ3v) is 6.38. The highest BCUT2D eigenvalue weighted by atomic mass is 16.5. The Labute approximate surface area is 153 Å². The lowest BCUT2D eigenvalue weighted by Gasteiger charge is -2.57. The summed E-state index contributed by atoms with van der Waals surface area (Å²) in [4.78, 5) is 11.4. The Bertz CT molecular complexity index is 772. The molecule has 0 unspecified atom stereocenters. The number of piperidine rings is 1. The number of hydrogen-bond acceptors (Lipinski definition) is 5. The molecule has 6 nitrogen and oxygen atoms in total. The maximum Gasteiger partial charge on any atom is 0.300 e. The number of nitrogens with zero attached hydrogens (tertiary/aromatic N) is 1. The van der Waals surface area contributed by atoms with Crippen molar-refractivity contribution in [1.82, 2.24) is 4.90 Å². The van der Waals surface area contributed by atoms with E-state index in [1.165, 1.54) is 11.1 Å². The molecule has 1 aromatic carbocycles. The average Bonchev–Trinajstić information content (AvgIpc) is 2.93. The van der Waals surface area contributed by atoms with Crippen molar-refractivity contribution in [1.29, 1.82) is 0 Å². The number of carbonyl (C=O) groups is 1. The fourth-order valence-electron chi connectivity index (χ4n) is 5.46. The molecule has 1 aromatic rings. The molecule has 2 heterocycles. The number of ether oxygens (including phenoxy) is 2. The molecule has 5 atom stereocenters. The molecule has 26 heavy (non-hydrogen) atoms. The van der Waals surface area contributed by atoms with Crippen LogP contribution in [0, 0.1) is 5.92 Å². The molecule has 5 rings (SSSR count). The van der Waals surface area contributed by atoms with E-state index in [0.717, 1.165) is 37.8 Å². The summed E-state index contributed by atoms with van der Waals surface area (Å²) in [5.74, 6) is 1.11. The van der Waals surface area contributed by atoms with Crippen molar-refractivity contribution in [2.75, 3.05) is 20.7 Å². The fraction of sp³-hybridized carbons (Fsp3) is 0.550. The molecular formula is C20H25NO5. The monoisotopic (exact) mass is 359 g/mol. The van der Waals surface area contributed by atoms with E-state index in [4.69, 9.17) is 19.4 Å². The van der Waals surface area contributed by atoms with Crippen LogP contribution in [0.1, 0.15) is 24.5 Å². The van der Waals surface area contributed by atoms with E-state index in [1.54, 1.807) is 7.11 Å². The molecule has 6 heteroatoms. The number of likely N-dealkylation sites (N-methyl/N-ethyl adjacent to an activating group) is 1. The molecule has 2 bridgehead atoms. The molecule has 2 aliphatic heterocycles. The Kier molecular flexibility index (Phi) is 4.00. The van der Waals surface area contributed by atoms with E-state index in [-0.39, 0.29) is 17.4 Å². The van der Waals surface area contributed by atoms with Gasteiger partial charge in [0.15, 0.2) is 11.5 Å². The van der Waals surface area contributed by atoms with Crippen LogP contribution in [0.3, 0.4) is 0 Å². The number of benzene rings is 1. The van der Waals surface area contributed by atoms with Crippen LogP contribution in [-0.4, -0.2) is 60.0 Å². The van der Waals surface area contributed by atoms with Crippen LogP contribution in [0.25, 0.3) is 0 Å². The van der Waals surface area contributed by atoms with Gasteiger partial charge in [-0.3, -0.25) is 4.79 Å². The second kappa shape index (κ2) is 5.99. The number of methoxy groups -OCH3 is 1. The summed E-state index contributed by atoms with van der Waals surface area (Å²) in [5, 5.41) is 18.1. The van der Waals surface area contributed by atoms with Gasteiger partial charge in [0.1, 0.15) is 6.10 Å². The van der Waals surface area contributed by atoms with Crippen molar-refractivity contribution in [3.8, 4) is 11.5 Å². The zero-order valence-corrected chi connectivity index (χ0v) is 15.3. The summed E-state index contributed by atoms with van der Waals surface area (Å²) in [6.07, 6.45) is 5.65. The largest absolute Gasteiger partial charge is 0.493 e. The topological polar surface area (TPSA) is 79.2 Å². The lowest BCUT2D eigenvalue weighted by Crippen LogP contribution is -2.65. The SMILES string of the molecule is CC(=O)O.COc1ccc2c3c1O[C@H]1C=C[C@@H](O)[C@H]4[C@@H](C2)N(C)CC[C@@]341. The maximum atomic E-state index is 10.7. The van der Waals surface area contributed by atoms with Gasteiger partial charge in [-0.25, -0.2) is 0 Å². The van der Waals surface area contributed by atoms with Crippen molar-refractivity contribution >= 4 is 5.97 Å². The van der Waals surface area contributed by atoms with Gasteiger partial charge in [0, 0.05) is 29.9 Å². The fourth-order valence-corrected chi connectivity index (χ4v) is 5.46. The molecule has 0 aromatic heterocycles. The predicted octanol–water partition coefficient (Wildman–Crippen LogP) is 1.59. The van der Waals surface area contributed by atoms with Crippen LogP contribution in [0.4, 0.5) is 0 Å². The predicted molar refractivity (Wildman–Crippen MR) is 95.8 cm³/mol. The van der Waals surface area contributed by atoms with Gasteiger partial charge in [-0.2, -0.15) is 0 Å². The van der Waals surface area contributed by atoms with Crippen LogP contribution in [0.2, 0.25) is 0 Å². The number of hydrogen-bond donors (Lipinski definition) is 2. The quantitative estimate of drug-likeness (QED) is 0.742. The molecule has 2 aliphatic carbocycles. The van der Waals surface area contributed by atoms with Crippen molar-refractivity contribution in [2.45, 2.75) is 43.4 Å². The summed E-state index contributed by atoms with van der Waals surface area (Å²) in [6.45, 7) is 2.14. The Morgan fingerprint density at radius 1 is 1.38 bits per heavy atom. The summed E-state index contributed by atoms with van der Waals surface area (Å²) >= 11 is 0. The average molecular weight is 359 g/mol. The Balaban J connectivity index is 0.000000385. The number of likely N-dealkylation sites (tertiary alicyclic amines) is 1. The molecule has 140 valence electrons. The third-order valence-electron chi connectivity index (χ3n) is 6.38. The second-order valence-corrected chi connectivity index (χ2v) is 7.63. The summed E-state index contributed by atoms with van der Waals surface area (Å²) in [5.41, 5.74) is 2.60. The number of aliphatic hydroxyl groups is 1. The first-order valence-corrected chi connectivity index (χ1v) is 9.03. The summed E-state index contributed by atoms with van der Waals surface area (Å²) < 4.78 is 11.9. The minimum absolute atomic E-state index is 0.0300. The molecule has 1 saturated heterocycles. The molecule has 2 N–H and O–H groups in total. The van der Waals surface area contributed by atoms with Crippen molar-refractivity contribution in [3.05, 3.63) is 35.4 Å². The summed E-state index contributed by atoms with van der Waals surface area (Å²) in [7, 11) is 3.88. The first kappa shape index (κ1) is 17.4. The molecule has 1 fully saturated rings. The molecule has 0 saturated carbocycles. The number of aliphatic hydroxyl groups excluding tert-OH is 1. The summed E-state index contributed by atoms with van der Waals surface area (Å²) in [6, 6.07) is 4.60. The van der Waals surface area contributed by atoms with Crippen LogP contribution in [-0.2, 0) is 16.6 Å². The van der Waals surface area contributed by atoms with Gasteiger partial charge < -0.3 is 24.6 Å². The van der Waals surface area contributed by atoms with Crippen molar-refractivity contribution in [2.24, 2.45) is 5.92 Å². The van der Waals surface area contributed by atoms with E-state index >= 15 is 0 Å². The Morgan fingerprint density at radius 2 is 2.12 bits per heavy atom. The number of carboxylic acid groups (broad SMARTS) is 1. The van der Waals surface area contributed by atoms with Crippen LogP contribution >= 0.6 is 0 Å². The van der Waals surface area contributed by atoms with Crippen LogP contribution in [0.15, 0.2) is 24.3 Å². The minimum atomic E-state index is -0.833. The van der Waals surface area contributed by atoms with E-state index < -0.39 is 12.1 Å². The van der Waals surface area contributed by atoms with Gasteiger partial charge in [0.05, 0.1) is 13.2 Å². The van der Waals surface area contributed by atoms with Crippen molar-refractivity contribution < 1.29 is 24.5 Å². The second-order valence-electron chi connectivity index (χ2n) is 7.63. The van der Waals surface area contributed by atoms with Gasteiger partial charge in [-0.15, -0.1) is 0 Å². The minimum Gasteiger partial charge on any atom is -0.493 e. The standard InChI is InChI=1S/C18H21NO3.C2H4O2/c1-19-8-7-18-14-6-4-12(20)16(18)11(19)9-10-3-5-13(21-2)17(22-14)15(10)18;1-2(3)4/h3-6,11-12,14,16,20H,7-9H2,1-2H3;1H3,(H,3,4)/t11-,12-,14+,16-,18-;/m1./s1. The Hall–Kier alpha value is -2.05. The van der Waals surface area contributed by atoms with Gasteiger partial charge in [0.2, 0.25) is 0 Å². The van der Waals surface area contributed by atoms with E-state index in [1.807, 2.05) is 12.1 Å². The molecule has 0 radical (unpaired) electrons. The molecule has 1 spiro atoms. The Morgan fingerprint density at radius 3 is 2.81 bits per heavy atom. The first-order chi connectivity index (χ1) is 12.4. The smallest absolute Gasteiger partial charge is 0.300 e. The zero-order chi connectivity index (χ0) is 18.6. The molecule has 0 amide bonds.